The van der Waals surface area contributed by atoms with Crippen molar-refractivity contribution in [3.63, 3.8) is 0 Å². The molecule has 33 heavy (non-hydrogen) atoms. The highest BCUT2D eigenvalue weighted by Crippen LogP contribution is 2.30. The average molecular weight is 443 g/mol. The minimum atomic E-state index is -0.242. The summed E-state index contributed by atoms with van der Waals surface area (Å²) < 4.78 is 10.7. The Morgan fingerprint density at radius 1 is 0.909 bits per heavy atom. The number of hydrogen-bond acceptors (Lipinski definition) is 4. The van der Waals surface area contributed by atoms with Crippen LogP contribution in [-0.4, -0.2) is 25.1 Å². The van der Waals surface area contributed by atoms with E-state index in [-0.39, 0.29) is 18.0 Å². The number of carbonyl (C=O) groups excluding carboxylic acids is 1. The number of aromatic nitrogens is 1. The summed E-state index contributed by atoms with van der Waals surface area (Å²) in [4.78, 5) is 31.2. The summed E-state index contributed by atoms with van der Waals surface area (Å²) in [6.45, 7) is 4.07. The predicted octanol–water partition coefficient (Wildman–Crippen LogP) is 5.01. The summed E-state index contributed by atoms with van der Waals surface area (Å²) in [6.07, 6.45) is 0. The van der Waals surface area contributed by atoms with Gasteiger partial charge in [0.05, 0.1) is 20.8 Å². The number of nitrogens with zero attached hydrogens (tertiary/aromatic N) is 1. The minimum Gasteiger partial charge on any atom is -0.493 e. The van der Waals surface area contributed by atoms with Gasteiger partial charge in [-0.3, -0.25) is 9.59 Å². The maximum absolute atomic E-state index is 13.7. The fourth-order valence-corrected chi connectivity index (χ4v) is 3.92. The molecule has 3 aromatic carbocycles. The summed E-state index contributed by atoms with van der Waals surface area (Å²) in [5.74, 6) is 0.763. The molecular weight excluding hydrogens is 416 g/mol. The van der Waals surface area contributed by atoms with Crippen LogP contribution in [0.5, 0.6) is 11.5 Å². The SMILES string of the molecule is COc1ccc(C(=O)N(Cc2cc3cc(C)ccc3[nH]c2=O)c2ccccc2C)cc1OC. The first-order valence-electron chi connectivity index (χ1n) is 10.6. The lowest BCUT2D eigenvalue weighted by Crippen LogP contribution is -2.33. The van der Waals surface area contributed by atoms with Crippen molar-refractivity contribution in [3.05, 3.63) is 99.3 Å². The van der Waals surface area contributed by atoms with E-state index in [1.54, 1.807) is 30.2 Å². The Balaban J connectivity index is 1.81. The molecule has 1 N–H and O–H groups in total. The van der Waals surface area contributed by atoms with Gasteiger partial charge >= 0.3 is 0 Å². The number of ether oxygens (including phenoxy) is 2. The van der Waals surface area contributed by atoms with Gasteiger partial charge in [-0.05, 0) is 67.3 Å². The summed E-state index contributed by atoms with van der Waals surface area (Å²) in [5.41, 5.74) is 4.25. The molecule has 1 aromatic heterocycles. The predicted molar refractivity (Wildman–Crippen MR) is 131 cm³/mol. The summed E-state index contributed by atoms with van der Waals surface area (Å²) >= 11 is 0. The van der Waals surface area contributed by atoms with Crippen molar-refractivity contribution >= 4 is 22.5 Å². The number of nitrogens with one attached hydrogen (secondary N) is 1. The third kappa shape index (κ3) is 4.46. The molecular formula is C27H26N2O4. The molecule has 0 aliphatic carbocycles. The van der Waals surface area contributed by atoms with Gasteiger partial charge in [-0.25, -0.2) is 0 Å². The number of fused-ring (bicyclic) bond motifs is 1. The normalized spacial score (nSPS) is 10.8. The highest BCUT2D eigenvalue weighted by molar-refractivity contribution is 6.06. The van der Waals surface area contributed by atoms with Gasteiger partial charge in [0.15, 0.2) is 11.5 Å². The summed E-state index contributed by atoms with van der Waals surface area (Å²) in [6, 6.07) is 20.4. The van der Waals surface area contributed by atoms with E-state index < -0.39 is 0 Å². The first kappa shape index (κ1) is 22.1. The number of aryl methyl sites for hydroxylation is 2. The zero-order chi connectivity index (χ0) is 23.5. The van der Waals surface area contributed by atoms with Crippen molar-refractivity contribution in [2.24, 2.45) is 0 Å². The van der Waals surface area contributed by atoms with Gasteiger partial charge in [-0.15, -0.1) is 0 Å². The monoisotopic (exact) mass is 442 g/mol. The molecule has 6 heteroatoms. The van der Waals surface area contributed by atoms with Gasteiger partial charge in [-0.2, -0.15) is 0 Å². The Morgan fingerprint density at radius 3 is 2.39 bits per heavy atom. The van der Waals surface area contributed by atoms with E-state index in [2.05, 4.69) is 4.98 Å². The van der Waals surface area contributed by atoms with Crippen LogP contribution < -0.4 is 19.9 Å². The van der Waals surface area contributed by atoms with Crippen LogP contribution in [0.4, 0.5) is 5.69 Å². The van der Waals surface area contributed by atoms with Gasteiger partial charge < -0.3 is 19.4 Å². The summed E-state index contributed by atoms with van der Waals surface area (Å²) in [5, 5.41) is 0.924. The van der Waals surface area contributed by atoms with E-state index in [0.717, 1.165) is 27.7 Å². The van der Waals surface area contributed by atoms with Gasteiger partial charge in [0.1, 0.15) is 0 Å². The number of methoxy groups -OCH3 is 2. The first-order chi connectivity index (χ1) is 15.9. The fourth-order valence-electron chi connectivity index (χ4n) is 3.92. The topological polar surface area (TPSA) is 71.6 Å². The molecule has 0 aliphatic heterocycles. The molecule has 0 radical (unpaired) electrons. The molecule has 0 spiro atoms. The van der Waals surface area contributed by atoms with E-state index in [9.17, 15) is 9.59 Å². The Labute approximate surface area is 192 Å². The molecule has 1 amide bonds. The molecule has 0 saturated heterocycles. The Bertz CT molecular complexity index is 1390. The van der Waals surface area contributed by atoms with Crippen LogP contribution in [-0.2, 0) is 6.54 Å². The van der Waals surface area contributed by atoms with Crippen molar-refractivity contribution in [3.8, 4) is 11.5 Å². The summed E-state index contributed by atoms with van der Waals surface area (Å²) in [7, 11) is 3.08. The highest BCUT2D eigenvalue weighted by atomic mass is 16.5. The molecule has 0 saturated carbocycles. The van der Waals surface area contributed by atoms with Crippen molar-refractivity contribution in [1.82, 2.24) is 4.98 Å². The molecule has 168 valence electrons. The van der Waals surface area contributed by atoms with E-state index in [1.807, 2.05) is 62.4 Å². The second-order valence-electron chi connectivity index (χ2n) is 7.96. The number of amides is 1. The van der Waals surface area contributed by atoms with Crippen LogP contribution in [0, 0.1) is 13.8 Å². The zero-order valence-electron chi connectivity index (χ0n) is 19.1. The number of para-hydroxylation sites is 1. The highest BCUT2D eigenvalue weighted by Gasteiger charge is 2.22. The number of H-pyrrole nitrogens is 1. The zero-order valence-corrected chi connectivity index (χ0v) is 19.1. The van der Waals surface area contributed by atoms with Crippen LogP contribution >= 0.6 is 0 Å². The molecule has 6 nitrogen and oxygen atoms in total. The number of benzene rings is 3. The molecule has 0 fully saturated rings. The maximum atomic E-state index is 13.7. The molecule has 0 aliphatic rings. The van der Waals surface area contributed by atoms with Gasteiger partial charge in [-0.1, -0.05) is 29.8 Å². The lowest BCUT2D eigenvalue weighted by molar-refractivity contribution is 0.0984. The standard InChI is InChI=1S/C27H26N2O4/c1-17-9-11-22-20(13-17)14-21(26(30)28-22)16-29(23-8-6-5-7-18(23)2)27(31)19-10-12-24(32-3)25(15-19)33-4/h5-15H,16H2,1-4H3,(H,28,30). The average Bonchev–Trinajstić information content (AvgIpc) is 2.82. The third-order valence-electron chi connectivity index (χ3n) is 5.69. The number of hydrogen-bond donors (Lipinski definition) is 1. The lowest BCUT2D eigenvalue weighted by atomic mass is 10.1. The largest absolute Gasteiger partial charge is 0.493 e. The van der Waals surface area contributed by atoms with E-state index in [0.29, 0.717) is 22.6 Å². The van der Waals surface area contributed by atoms with Gasteiger partial charge in [0.25, 0.3) is 11.5 Å². The Hall–Kier alpha value is -4.06. The third-order valence-corrected chi connectivity index (χ3v) is 5.69. The maximum Gasteiger partial charge on any atom is 0.258 e. The van der Waals surface area contributed by atoms with E-state index in [4.69, 9.17) is 9.47 Å². The number of anilines is 1. The van der Waals surface area contributed by atoms with Crippen molar-refractivity contribution in [2.75, 3.05) is 19.1 Å². The smallest absolute Gasteiger partial charge is 0.258 e. The van der Waals surface area contributed by atoms with Crippen molar-refractivity contribution < 1.29 is 14.3 Å². The molecule has 0 atom stereocenters. The molecule has 4 aromatic rings. The lowest BCUT2D eigenvalue weighted by Gasteiger charge is -2.25. The molecule has 4 rings (SSSR count). The number of carbonyl (C=O) groups is 1. The second-order valence-corrected chi connectivity index (χ2v) is 7.96. The minimum absolute atomic E-state index is 0.122. The number of pyridine rings is 1. The van der Waals surface area contributed by atoms with Crippen LogP contribution in [0.2, 0.25) is 0 Å². The molecule has 1 heterocycles. The van der Waals surface area contributed by atoms with Gasteiger partial charge in [0.2, 0.25) is 0 Å². The quantitative estimate of drug-likeness (QED) is 0.456. The second kappa shape index (κ2) is 9.20. The van der Waals surface area contributed by atoms with Crippen LogP contribution in [0.25, 0.3) is 10.9 Å². The number of rotatable bonds is 6. The Kier molecular flexibility index (Phi) is 6.18. The van der Waals surface area contributed by atoms with Gasteiger partial charge in [0, 0.05) is 22.3 Å². The van der Waals surface area contributed by atoms with Crippen molar-refractivity contribution in [2.45, 2.75) is 20.4 Å². The van der Waals surface area contributed by atoms with Crippen LogP contribution in [0.15, 0.2) is 71.5 Å². The van der Waals surface area contributed by atoms with Crippen LogP contribution in [0.1, 0.15) is 27.0 Å². The van der Waals surface area contributed by atoms with Crippen LogP contribution in [0.3, 0.4) is 0 Å². The van der Waals surface area contributed by atoms with E-state index >= 15 is 0 Å². The first-order valence-corrected chi connectivity index (χ1v) is 10.6. The number of aromatic amines is 1. The molecule has 0 bridgehead atoms. The fraction of sp³-hybridized carbons (Fsp3) is 0.185. The Morgan fingerprint density at radius 2 is 1.67 bits per heavy atom. The van der Waals surface area contributed by atoms with Crippen molar-refractivity contribution in [1.29, 1.82) is 0 Å². The van der Waals surface area contributed by atoms with E-state index in [1.165, 1.54) is 7.11 Å². The molecule has 0 unspecified atom stereocenters.